The van der Waals surface area contributed by atoms with Crippen molar-refractivity contribution in [3.63, 3.8) is 0 Å². The lowest BCUT2D eigenvalue weighted by molar-refractivity contribution is -0.123. The Morgan fingerprint density at radius 3 is 2.47 bits per heavy atom. The van der Waals surface area contributed by atoms with E-state index < -0.39 is 0 Å². The summed E-state index contributed by atoms with van der Waals surface area (Å²) < 4.78 is 11.9. The van der Waals surface area contributed by atoms with Crippen LogP contribution in [0.1, 0.15) is 28.6 Å². The van der Waals surface area contributed by atoms with Crippen molar-refractivity contribution in [1.82, 2.24) is 4.90 Å². The van der Waals surface area contributed by atoms with E-state index in [1.165, 1.54) is 4.90 Å². The Bertz CT molecular complexity index is 1200. The van der Waals surface area contributed by atoms with Gasteiger partial charge in [0, 0.05) is 15.2 Å². The third-order valence-corrected chi connectivity index (χ3v) is 6.33. The fourth-order valence-electron chi connectivity index (χ4n) is 3.11. The average Bonchev–Trinajstić information content (AvgIpc) is 3.36. The molecule has 3 aromatic rings. The highest BCUT2D eigenvalue weighted by Crippen LogP contribution is 2.34. The number of hydrogen-bond donors (Lipinski definition) is 0. The first-order valence-electron chi connectivity index (χ1n) is 9.82. The molecule has 0 atom stereocenters. The molecule has 0 spiro atoms. The highest BCUT2D eigenvalue weighted by Gasteiger charge is 2.35. The number of furan rings is 1. The number of thioether (sulfide) groups is 1. The van der Waals surface area contributed by atoms with E-state index in [0.29, 0.717) is 28.6 Å². The lowest BCUT2D eigenvalue weighted by Gasteiger charge is -2.12. The molecule has 4 rings (SSSR count). The van der Waals surface area contributed by atoms with Gasteiger partial charge in [-0.1, -0.05) is 24.3 Å². The zero-order valence-corrected chi connectivity index (χ0v) is 20.0. The van der Waals surface area contributed by atoms with Gasteiger partial charge >= 0.3 is 5.97 Å². The van der Waals surface area contributed by atoms with Gasteiger partial charge in [-0.3, -0.25) is 14.5 Å². The van der Waals surface area contributed by atoms with Gasteiger partial charge in [-0.25, -0.2) is 4.79 Å². The predicted molar refractivity (Wildman–Crippen MR) is 131 cm³/mol. The van der Waals surface area contributed by atoms with Gasteiger partial charge in [0.25, 0.3) is 11.1 Å². The number of rotatable bonds is 6. The molecular formula is C24H18INO5S. The Morgan fingerprint density at radius 2 is 1.78 bits per heavy atom. The third kappa shape index (κ3) is 4.97. The first kappa shape index (κ1) is 22.3. The molecule has 162 valence electrons. The topological polar surface area (TPSA) is 76.8 Å². The summed E-state index contributed by atoms with van der Waals surface area (Å²) in [5, 5.41) is -0.305. The Hall–Kier alpha value is -2.85. The van der Waals surface area contributed by atoms with E-state index in [1.807, 2.05) is 24.3 Å². The van der Waals surface area contributed by atoms with Crippen LogP contribution in [0.5, 0.6) is 0 Å². The van der Waals surface area contributed by atoms with E-state index >= 15 is 0 Å². The number of amides is 2. The van der Waals surface area contributed by atoms with Crippen molar-refractivity contribution in [2.24, 2.45) is 0 Å². The van der Waals surface area contributed by atoms with Gasteiger partial charge in [0.1, 0.15) is 11.5 Å². The van der Waals surface area contributed by atoms with Crippen molar-refractivity contribution >= 4 is 57.5 Å². The molecule has 0 aliphatic carbocycles. The van der Waals surface area contributed by atoms with Crippen LogP contribution in [-0.2, 0) is 16.1 Å². The maximum absolute atomic E-state index is 12.8. The minimum absolute atomic E-state index is 0.231. The highest BCUT2D eigenvalue weighted by atomic mass is 127. The molecular weight excluding hydrogens is 541 g/mol. The molecule has 1 fully saturated rings. The Morgan fingerprint density at radius 1 is 1.06 bits per heavy atom. The summed E-state index contributed by atoms with van der Waals surface area (Å²) in [6.07, 6.45) is 1.58. The zero-order chi connectivity index (χ0) is 22.7. The number of halogens is 1. The molecule has 1 aliphatic rings. The quantitative estimate of drug-likeness (QED) is 0.211. The molecule has 1 aliphatic heterocycles. The SMILES string of the molecule is CCOC(=O)c1ccc(-c2ccc(/C=C3/SC(=O)N(Cc4ccc(I)cc4)C3=O)o2)cc1. The number of nitrogens with zero attached hydrogens (tertiary/aromatic N) is 1. The molecule has 0 N–H and O–H groups in total. The van der Waals surface area contributed by atoms with Crippen molar-refractivity contribution < 1.29 is 23.5 Å². The molecule has 8 heteroatoms. The lowest BCUT2D eigenvalue weighted by atomic mass is 10.1. The van der Waals surface area contributed by atoms with E-state index in [0.717, 1.165) is 26.5 Å². The van der Waals surface area contributed by atoms with Crippen molar-refractivity contribution in [1.29, 1.82) is 0 Å². The molecule has 0 bridgehead atoms. The van der Waals surface area contributed by atoms with Crippen molar-refractivity contribution in [3.05, 3.63) is 86.0 Å². The van der Waals surface area contributed by atoms with Crippen LogP contribution in [0, 0.1) is 3.57 Å². The largest absolute Gasteiger partial charge is 0.462 e. The molecule has 2 aromatic carbocycles. The number of carbonyl (C=O) groups is 3. The predicted octanol–water partition coefficient (Wildman–Crippen LogP) is 5.96. The molecule has 1 saturated heterocycles. The van der Waals surface area contributed by atoms with Crippen molar-refractivity contribution in [3.8, 4) is 11.3 Å². The molecule has 32 heavy (non-hydrogen) atoms. The smallest absolute Gasteiger partial charge is 0.338 e. The van der Waals surface area contributed by atoms with Crippen molar-refractivity contribution in [2.75, 3.05) is 6.61 Å². The second-order valence-corrected chi connectivity index (χ2v) is 9.13. The van der Waals surface area contributed by atoms with Gasteiger partial charge in [0.2, 0.25) is 0 Å². The van der Waals surface area contributed by atoms with Crippen LogP contribution in [-0.4, -0.2) is 28.6 Å². The van der Waals surface area contributed by atoms with Gasteiger partial charge in [0.05, 0.1) is 23.6 Å². The molecule has 0 radical (unpaired) electrons. The summed E-state index contributed by atoms with van der Waals surface area (Å²) in [6, 6.07) is 18.1. The van der Waals surface area contributed by atoms with Crippen molar-refractivity contribution in [2.45, 2.75) is 13.5 Å². The van der Waals surface area contributed by atoms with Crippen LogP contribution in [0.3, 0.4) is 0 Å². The summed E-state index contributed by atoms with van der Waals surface area (Å²) in [5.74, 6) is 0.342. The van der Waals surface area contributed by atoms with Crippen LogP contribution >= 0.6 is 34.4 Å². The van der Waals surface area contributed by atoms with E-state index in [9.17, 15) is 14.4 Å². The summed E-state index contributed by atoms with van der Waals surface area (Å²) in [7, 11) is 0. The van der Waals surface area contributed by atoms with Crippen LogP contribution < -0.4 is 0 Å². The number of imide groups is 1. The number of carbonyl (C=O) groups excluding carboxylic acids is 3. The molecule has 1 aromatic heterocycles. The van der Waals surface area contributed by atoms with Gasteiger partial charge < -0.3 is 9.15 Å². The standard InChI is InChI=1S/C24H18INO5S/c1-2-30-23(28)17-7-5-16(6-8-17)20-12-11-19(31-20)13-21-22(27)26(24(29)32-21)14-15-3-9-18(25)10-4-15/h3-13H,2,14H2,1H3/b21-13+. The number of ether oxygens (including phenoxy) is 1. The second kappa shape index (κ2) is 9.74. The van der Waals surface area contributed by atoms with Gasteiger partial charge in [-0.15, -0.1) is 0 Å². The van der Waals surface area contributed by atoms with E-state index in [4.69, 9.17) is 9.15 Å². The Kier molecular flexibility index (Phi) is 6.80. The first-order valence-corrected chi connectivity index (χ1v) is 11.7. The van der Waals surface area contributed by atoms with E-state index in [1.54, 1.807) is 49.4 Å². The fourth-order valence-corrected chi connectivity index (χ4v) is 4.29. The first-order chi connectivity index (χ1) is 15.4. The minimum atomic E-state index is -0.375. The highest BCUT2D eigenvalue weighted by molar-refractivity contribution is 14.1. The molecule has 0 saturated carbocycles. The number of hydrogen-bond acceptors (Lipinski definition) is 6. The monoisotopic (exact) mass is 559 g/mol. The molecule has 6 nitrogen and oxygen atoms in total. The summed E-state index contributed by atoms with van der Waals surface area (Å²) in [4.78, 5) is 38.5. The normalized spacial score (nSPS) is 14.9. The summed E-state index contributed by atoms with van der Waals surface area (Å²) >= 11 is 3.11. The van der Waals surface area contributed by atoms with E-state index in [-0.39, 0.29) is 23.7 Å². The minimum Gasteiger partial charge on any atom is -0.462 e. The van der Waals surface area contributed by atoms with Crippen LogP contribution in [0.4, 0.5) is 4.79 Å². The summed E-state index contributed by atoms with van der Waals surface area (Å²) in [6.45, 7) is 2.31. The lowest BCUT2D eigenvalue weighted by Crippen LogP contribution is -2.27. The van der Waals surface area contributed by atoms with Crippen LogP contribution in [0.25, 0.3) is 17.4 Å². The second-order valence-electron chi connectivity index (χ2n) is 6.89. The van der Waals surface area contributed by atoms with Gasteiger partial charge in [-0.2, -0.15) is 0 Å². The fraction of sp³-hybridized carbons (Fsp3) is 0.125. The van der Waals surface area contributed by atoms with Crippen LogP contribution in [0.2, 0.25) is 0 Å². The Labute approximate surface area is 202 Å². The van der Waals surface area contributed by atoms with E-state index in [2.05, 4.69) is 22.6 Å². The van der Waals surface area contributed by atoms with Crippen LogP contribution in [0.15, 0.2) is 70.0 Å². The number of benzene rings is 2. The number of esters is 1. The summed E-state index contributed by atoms with van der Waals surface area (Å²) in [5.41, 5.74) is 2.13. The zero-order valence-electron chi connectivity index (χ0n) is 17.0. The molecule has 0 unspecified atom stereocenters. The molecule has 2 amide bonds. The maximum atomic E-state index is 12.8. The molecule has 2 heterocycles. The van der Waals surface area contributed by atoms with Gasteiger partial charge in [0.15, 0.2) is 0 Å². The Balaban J connectivity index is 1.48. The van der Waals surface area contributed by atoms with Gasteiger partial charge in [-0.05, 0) is 83.2 Å². The average molecular weight is 559 g/mol. The maximum Gasteiger partial charge on any atom is 0.338 e. The third-order valence-electron chi connectivity index (χ3n) is 4.71.